The Hall–Kier alpha value is -2.31. The van der Waals surface area contributed by atoms with Gasteiger partial charge in [-0.2, -0.15) is 11.3 Å². The summed E-state index contributed by atoms with van der Waals surface area (Å²) < 4.78 is 13.1. The van der Waals surface area contributed by atoms with Crippen LogP contribution < -0.4 is 4.90 Å². The van der Waals surface area contributed by atoms with E-state index >= 15 is 0 Å². The molecule has 0 radical (unpaired) electrons. The van der Waals surface area contributed by atoms with Gasteiger partial charge in [-0.25, -0.2) is 14.4 Å². The van der Waals surface area contributed by atoms with Gasteiger partial charge in [0.2, 0.25) is 5.95 Å². The normalized spacial score (nSPS) is 12.1. The van der Waals surface area contributed by atoms with E-state index in [1.165, 1.54) is 11.3 Å². The van der Waals surface area contributed by atoms with E-state index in [1.54, 1.807) is 0 Å². The number of hydrogen-bond acceptors (Lipinski definition) is 5. The Morgan fingerprint density at radius 3 is 2.52 bits per heavy atom. The van der Waals surface area contributed by atoms with Crippen molar-refractivity contribution in [2.24, 2.45) is 0 Å². The number of thiophene rings is 1. The maximum Gasteiger partial charge on any atom is 0.225 e. The molecular formula is C17H16FN3OS. The molecule has 2 heterocycles. The van der Waals surface area contributed by atoms with Crippen molar-refractivity contribution in [1.29, 1.82) is 0 Å². The zero-order chi connectivity index (χ0) is 16.1. The average Bonchev–Trinajstić information content (AvgIpc) is 3.10. The number of nitrogens with zero attached hydrogens (tertiary/aromatic N) is 3. The summed E-state index contributed by atoms with van der Waals surface area (Å²) in [4.78, 5) is 9.93. The van der Waals surface area contributed by atoms with Crippen molar-refractivity contribution in [2.45, 2.75) is 12.6 Å². The van der Waals surface area contributed by atoms with Crippen LogP contribution in [0.1, 0.15) is 17.2 Å². The summed E-state index contributed by atoms with van der Waals surface area (Å²) in [5.41, 5.74) is 1.92. The first-order valence-corrected chi connectivity index (χ1v) is 8.13. The van der Waals surface area contributed by atoms with E-state index in [0.29, 0.717) is 19.0 Å². The van der Waals surface area contributed by atoms with Gasteiger partial charge >= 0.3 is 0 Å². The van der Waals surface area contributed by atoms with Gasteiger partial charge in [-0.1, -0.05) is 30.3 Å². The molecule has 0 fully saturated rings. The standard InChI is InChI=1S/C17H16FN3OS/c18-15-8-19-17(20-9-15)21(10-13-4-2-1-3-5-13)11-16(22)14-6-7-23-12-14/h1-9,12,16,22H,10-11H2. The predicted molar refractivity (Wildman–Crippen MR) is 88.8 cm³/mol. The molecule has 1 aromatic carbocycles. The monoisotopic (exact) mass is 329 g/mol. The Labute approximate surface area is 137 Å². The van der Waals surface area contributed by atoms with Crippen molar-refractivity contribution in [2.75, 3.05) is 11.4 Å². The van der Waals surface area contributed by atoms with Gasteiger partial charge in [0.25, 0.3) is 0 Å². The molecule has 1 unspecified atom stereocenters. The Morgan fingerprint density at radius 1 is 1.13 bits per heavy atom. The number of aliphatic hydroxyl groups excluding tert-OH is 1. The molecule has 23 heavy (non-hydrogen) atoms. The van der Waals surface area contributed by atoms with Crippen LogP contribution in [-0.2, 0) is 6.54 Å². The first kappa shape index (κ1) is 15.6. The van der Waals surface area contributed by atoms with Gasteiger partial charge < -0.3 is 10.0 Å². The number of rotatable bonds is 6. The van der Waals surface area contributed by atoms with Gasteiger partial charge in [-0.15, -0.1) is 0 Å². The molecule has 1 atom stereocenters. The van der Waals surface area contributed by atoms with Crippen LogP contribution in [0, 0.1) is 5.82 Å². The lowest BCUT2D eigenvalue weighted by molar-refractivity contribution is 0.183. The number of aromatic nitrogens is 2. The number of halogens is 1. The van der Waals surface area contributed by atoms with Crippen molar-refractivity contribution in [1.82, 2.24) is 9.97 Å². The minimum absolute atomic E-state index is 0.331. The first-order valence-electron chi connectivity index (χ1n) is 7.19. The summed E-state index contributed by atoms with van der Waals surface area (Å²) in [6, 6.07) is 11.7. The Kier molecular flexibility index (Phi) is 4.95. The van der Waals surface area contributed by atoms with E-state index in [1.807, 2.05) is 52.1 Å². The Morgan fingerprint density at radius 2 is 1.87 bits per heavy atom. The molecule has 6 heteroatoms. The Bertz CT molecular complexity index is 719. The molecule has 3 rings (SSSR count). The van der Waals surface area contributed by atoms with Gasteiger partial charge in [0.1, 0.15) is 0 Å². The minimum Gasteiger partial charge on any atom is -0.387 e. The highest BCUT2D eigenvalue weighted by atomic mass is 32.1. The lowest BCUT2D eigenvalue weighted by Gasteiger charge is -2.25. The van der Waals surface area contributed by atoms with E-state index in [4.69, 9.17) is 0 Å². The maximum absolute atomic E-state index is 13.1. The first-order chi connectivity index (χ1) is 11.2. The molecule has 0 aliphatic rings. The topological polar surface area (TPSA) is 49.2 Å². The highest BCUT2D eigenvalue weighted by Crippen LogP contribution is 2.21. The zero-order valence-corrected chi connectivity index (χ0v) is 13.2. The van der Waals surface area contributed by atoms with Crippen LogP contribution in [0.25, 0.3) is 0 Å². The molecule has 0 saturated heterocycles. The molecule has 0 aliphatic carbocycles. The number of hydrogen-bond donors (Lipinski definition) is 1. The number of aliphatic hydroxyl groups is 1. The molecule has 2 aromatic heterocycles. The summed E-state index contributed by atoms with van der Waals surface area (Å²) in [5, 5.41) is 14.2. The smallest absolute Gasteiger partial charge is 0.225 e. The third-order valence-corrected chi connectivity index (χ3v) is 4.13. The Balaban J connectivity index is 1.82. The summed E-state index contributed by atoms with van der Waals surface area (Å²) in [6.07, 6.45) is 1.62. The molecule has 0 spiro atoms. The van der Waals surface area contributed by atoms with Crippen LogP contribution in [0.15, 0.2) is 59.6 Å². The fraction of sp³-hybridized carbons (Fsp3) is 0.176. The largest absolute Gasteiger partial charge is 0.387 e. The molecule has 4 nitrogen and oxygen atoms in total. The summed E-state index contributed by atoms with van der Waals surface area (Å²) in [5.74, 6) is -0.0867. The molecular weight excluding hydrogens is 313 g/mol. The van der Waals surface area contributed by atoms with Crippen LogP contribution in [0.5, 0.6) is 0 Å². The van der Waals surface area contributed by atoms with E-state index in [9.17, 15) is 9.50 Å². The lowest BCUT2D eigenvalue weighted by Crippen LogP contribution is -2.29. The molecule has 1 N–H and O–H groups in total. The van der Waals surface area contributed by atoms with E-state index in [-0.39, 0.29) is 0 Å². The van der Waals surface area contributed by atoms with Crippen molar-refractivity contribution in [3.05, 3.63) is 76.5 Å². The van der Waals surface area contributed by atoms with Crippen molar-refractivity contribution in [3.63, 3.8) is 0 Å². The molecule has 0 saturated carbocycles. The second kappa shape index (κ2) is 7.30. The van der Waals surface area contributed by atoms with Crippen LogP contribution in [-0.4, -0.2) is 21.6 Å². The van der Waals surface area contributed by atoms with Crippen LogP contribution in [0.4, 0.5) is 10.3 Å². The van der Waals surface area contributed by atoms with Gasteiger partial charge in [0.05, 0.1) is 25.0 Å². The van der Waals surface area contributed by atoms with Crippen LogP contribution in [0.2, 0.25) is 0 Å². The quantitative estimate of drug-likeness (QED) is 0.753. The molecule has 0 bridgehead atoms. The highest BCUT2D eigenvalue weighted by molar-refractivity contribution is 7.07. The summed E-state index contributed by atoms with van der Waals surface area (Å²) >= 11 is 1.54. The van der Waals surface area contributed by atoms with Gasteiger partial charge in [0, 0.05) is 6.54 Å². The van der Waals surface area contributed by atoms with E-state index < -0.39 is 11.9 Å². The van der Waals surface area contributed by atoms with Crippen molar-refractivity contribution >= 4 is 17.3 Å². The minimum atomic E-state index is -0.654. The van der Waals surface area contributed by atoms with Crippen LogP contribution >= 0.6 is 11.3 Å². The number of benzene rings is 1. The van der Waals surface area contributed by atoms with Crippen molar-refractivity contribution < 1.29 is 9.50 Å². The molecule has 3 aromatic rings. The molecule has 0 amide bonds. The summed E-state index contributed by atoms with van der Waals surface area (Å²) in [6.45, 7) is 0.866. The average molecular weight is 329 g/mol. The van der Waals surface area contributed by atoms with Gasteiger partial charge in [0.15, 0.2) is 5.82 Å². The zero-order valence-electron chi connectivity index (χ0n) is 12.3. The van der Waals surface area contributed by atoms with Crippen LogP contribution in [0.3, 0.4) is 0 Å². The van der Waals surface area contributed by atoms with Crippen molar-refractivity contribution in [3.8, 4) is 0 Å². The lowest BCUT2D eigenvalue weighted by atomic mass is 10.1. The van der Waals surface area contributed by atoms with Gasteiger partial charge in [-0.05, 0) is 28.0 Å². The second-order valence-corrected chi connectivity index (χ2v) is 5.92. The van der Waals surface area contributed by atoms with Gasteiger partial charge in [-0.3, -0.25) is 0 Å². The SMILES string of the molecule is OC(CN(Cc1ccccc1)c1ncc(F)cn1)c1ccsc1. The second-order valence-electron chi connectivity index (χ2n) is 5.14. The van der Waals surface area contributed by atoms with E-state index in [2.05, 4.69) is 9.97 Å². The maximum atomic E-state index is 13.1. The highest BCUT2D eigenvalue weighted by Gasteiger charge is 2.17. The summed E-state index contributed by atoms with van der Waals surface area (Å²) in [7, 11) is 0. The fourth-order valence-corrected chi connectivity index (χ4v) is 2.98. The fourth-order valence-electron chi connectivity index (χ4n) is 2.27. The number of anilines is 1. The third kappa shape index (κ3) is 4.12. The predicted octanol–water partition coefficient (Wildman–Crippen LogP) is 3.42. The molecule has 0 aliphatic heterocycles. The third-order valence-electron chi connectivity index (χ3n) is 3.43. The molecule has 118 valence electrons. The van der Waals surface area contributed by atoms with E-state index in [0.717, 1.165) is 23.5 Å².